The molecule has 0 spiro atoms. The van der Waals surface area contributed by atoms with Gasteiger partial charge in [-0.1, -0.05) is 12.8 Å². The Kier molecular flexibility index (Phi) is 2.72. The Morgan fingerprint density at radius 3 is 2.00 bits per heavy atom. The van der Waals surface area contributed by atoms with E-state index in [4.69, 9.17) is 5.26 Å². The van der Waals surface area contributed by atoms with Crippen LogP contribution in [0.1, 0.15) is 38.5 Å². The van der Waals surface area contributed by atoms with Crippen molar-refractivity contribution in [2.45, 2.75) is 38.5 Å². The maximum Gasteiger partial charge on any atom is 0.236 e. The molecule has 0 aromatic carbocycles. The summed E-state index contributed by atoms with van der Waals surface area (Å²) in [5.41, 5.74) is 0. The largest absolute Gasteiger partial charge is 0.274 e. The Bertz CT molecular complexity index is 247. The fourth-order valence-corrected chi connectivity index (χ4v) is 2.55. The first-order chi connectivity index (χ1) is 6.83. The van der Waals surface area contributed by atoms with E-state index in [2.05, 4.69) is 5.32 Å². The highest BCUT2D eigenvalue weighted by molar-refractivity contribution is 5.80. The van der Waals surface area contributed by atoms with Gasteiger partial charge in [-0.3, -0.25) is 10.1 Å². The molecule has 1 N–H and O–H groups in total. The highest BCUT2D eigenvalue weighted by Crippen LogP contribution is 2.44. The number of carbonyl (C=O) groups is 1. The quantitative estimate of drug-likeness (QED) is 0.547. The van der Waals surface area contributed by atoms with Crippen molar-refractivity contribution in [3.8, 4) is 6.19 Å². The van der Waals surface area contributed by atoms with Crippen molar-refractivity contribution in [3.63, 3.8) is 0 Å². The van der Waals surface area contributed by atoms with E-state index in [0.717, 1.165) is 0 Å². The summed E-state index contributed by atoms with van der Waals surface area (Å²) in [4.78, 5) is 11.7. The highest BCUT2D eigenvalue weighted by Gasteiger charge is 2.40. The fourth-order valence-electron chi connectivity index (χ4n) is 2.55. The maximum absolute atomic E-state index is 11.7. The van der Waals surface area contributed by atoms with Crippen molar-refractivity contribution in [1.29, 1.82) is 5.26 Å². The second-order valence-electron chi connectivity index (χ2n) is 4.51. The minimum Gasteiger partial charge on any atom is -0.274 e. The molecule has 0 saturated heterocycles. The SMILES string of the molecule is N#CNC(=O)C(C1CCC1)C1CCC1. The highest BCUT2D eigenvalue weighted by atomic mass is 16.1. The van der Waals surface area contributed by atoms with E-state index in [0.29, 0.717) is 11.8 Å². The van der Waals surface area contributed by atoms with Crippen LogP contribution in [-0.4, -0.2) is 5.91 Å². The first-order valence-corrected chi connectivity index (χ1v) is 5.52. The molecule has 0 heterocycles. The third-order valence-electron chi connectivity index (χ3n) is 3.80. The van der Waals surface area contributed by atoms with Gasteiger partial charge in [-0.15, -0.1) is 0 Å². The minimum absolute atomic E-state index is 0.0260. The third kappa shape index (κ3) is 1.61. The van der Waals surface area contributed by atoms with Crippen LogP contribution in [0, 0.1) is 29.2 Å². The van der Waals surface area contributed by atoms with Crippen LogP contribution in [0.2, 0.25) is 0 Å². The molecule has 2 saturated carbocycles. The zero-order valence-corrected chi connectivity index (χ0v) is 8.33. The van der Waals surface area contributed by atoms with E-state index >= 15 is 0 Å². The molecule has 3 nitrogen and oxygen atoms in total. The number of nitriles is 1. The molecular weight excluding hydrogens is 176 g/mol. The van der Waals surface area contributed by atoms with Gasteiger partial charge in [0.15, 0.2) is 6.19 Å². The molecule has 0 radical (unpaired) electrons. The number of rotatable bonds is 3. The third-order valence-corrected chi connectivity index (χ3v) is 3.80. The van der Waals surface area contributed by atoms with E-state index in [1.54, 1.807) is 6.19 Å². The van der Waals surface area contributed by atoms with Crippen LogP contribution in [0.5, 0.6) is 0 Å². The molecule has 2 aliphatic rings. The number of nitrogens with one attached hydrogen (secondary N) is 1. The van der Waals surface area contributed by atoms with Crippen LogP contribution in [0.4, 0.5) is 0 Å². The van der Waals surface area contributed by atoms with Crippen LogP contribution in [0.25, 0.3) is 0 Å². The number of amides is 1. The molecule has 0 aromatic heterocycles. The van der Waals surface area contributed by atoms with Gasteiger partial charge < -0.3 is 0 Å². The second kappa shape index (κ2) is 4.00. The van der Waals surface area contributed by atoms with Crippen LogP contribution < -0.4 is 5.32 Å². The van der Waals surface area contributed by atoms with Gasteiger partial charge in [-0.05, 0) is 37.5 Å². The summed E-state index contributed by atoms with van der Waals surface area (Å²) < 4.78 is 0. The van der Waals surface area contributed by atoms with E-state index in [1.165, 1.54) is 38.5 Å². The predicted octanol–water partition coefficient (Wildman–Crippen LogP) is 1.80. The Morgan fingerprint density at radius 1 is 1.21 bits per heavy atom. The topological polar surface area (TPSA) is 52.9 Å². The molecular formula is C11H16N2O. The molecule has 0 atom stereocenters. The lowest BCUT2D eigenvalue weighted by atomic mass is 9.64. The zero-order valence-electron chi connectivity index (χ0n) is 8.33. The molecule has 1 amide bonds. The van der Waals surface area contributed by atoms with Gasteiger partial charge in [0.1, 0.15) is 0 Å². The summed E-state index contributed by atoms with van der Waals surface area (Å²) >= 11 is 0. The number of hydrogen-bond donors (Lipinski definition) is 1. The normalized spacial score (nSPS) is 22.3. The zero-order chi connectivity index (χ0) is 9.97. The summed E-state index contributed by atoms with van der Waals surface area (Å²) in [6.45, 7) is 0. The van der Waals surface area contributed by atoms with Crippen molar-refractivity contribution in [1.82, 2.24) is 5.32 Å². The average molecular weight is 192 g/mol. The first-order valence-electron chi connectivity index (χ1n) is 5.52. The van der Waals surface area contributed by atoms with E-state index in [1.807, 2.05) is 0 Å². The summed E-state index contributed by atoms with van der Waals surface area (Å²) in [6.07, 6.45) is 8.99. The van der Waals surface area contributed by atoms with Crippen LogP contribution in [0.15, 0.2) is 0 Å². The second-order valence-corrected chi connectivity index (χ2v) is 4.51. The molecule has 0 aromatic rings. The number of carbonyl (C=O) groups excluding carboxylic acids is 1. The molecule has 0 aliphatic heterocycles. The van der Waals surface area contributed by atoms with Gasteiger partial charge in [0.05, 0.1) is 0 Å². The van der Waals surface area contributed by atoms with E-state index in [9.17, 15) is 4.79 Å². The van der Waals surface area contributed by atoms with Crippen molar-refractivity contribution in [2.24, 2.45) is 17.8 Å². The van der Waals surface area contributed by atoms with Gasteiger partial charge in [-0.2, -0.15) is 5.26 Å². The number of hydrogen-bond acceptors (Lipinski definition) is 2. The van der Waals surface area contributed by atoms with E-state index in [-0.39, 0.29) is 11.8 Å². The fraction of sp³-hybridized carbons (Fsp3) is 0.818. The lowest BCUT2D eigenvalue weighted by molar-refractivity contribution is -0.130. The molecule has 3 heteroatoms. The summed E-state index contributed by atoms with van der Waals surface area (Å²) in [5.74, 6) is 1.24. The lowest BCUT2D eigenvalue weighted by Gasteiger charge is -2.40. The van der Waals surface area contributed by atoms with Crippen molar-refractivity contribution >= 4 is 5.91 Å². The first kappa shape index (κ1) is 9.51. The van der Waals surface area contributed by atoms with E-state index < -0.39 is 0 Å². The van der Waals surface area contributed by atoms with Gasteiger partial charge in [0.25, 0.3) is 0 Å². The molecule has 0 unspecified atom stereocenters. The molecule has 2 aliphatic carbocycles. The standard InChI is InChI=1S/C11H16N2O/c12-7-13-11(14)10(8-3-1-4-8)9-5-2-6-9/h8-10H,1-6H2,(H,13,14). The maximum atomic E-state index is 11.7. The Hall–Kier alpha value is -1.04. The minimum atomic E-state index is -0.0260. The molecule has 14 heavy (non-hydrogen) atoms. The van der Waals surface area contributed by atoms with Crippen LogP contribution >= 0.6 is 0 Å². The van der Waals surface area contributed by atoms with Crippen molar-refractivity contribution in [3.05, 3.63) is 0 Å². The predicted molar refractivity (Wildman–Crippen MR) is 51.9 cm³/mol. The Labute approximate surface area is 84.5 Å². The number of nitrogens with zero attached hydrogens (tertiary/aromatic N) is 1. The molecule has 2 rings (SSSR count). The monoisotopic (exact) mass is 192 g/mol. The molecule has 2 fully saturated rings. The summed E-state index contributed by atoms with van der Waals surface area (Å²) in [5, 5.41) is 10.8. The molecule has 76 valence electrons. The van der Waals surface area contributed by atoms with Crippen molar-refractivity contribution < 1.29 is 4.79 Å². The summed E-state index contributed by atoms with van der Waals surface area (Å²) in [6, 6.07) is 0. The Morgan fingerprint density at radius 2 is 1.71 bits per heavy atom. The van der Waals surface area contributed by atoms with Gasteiger partial charge >= 0.3 is 0 Å². The average Bonchev–Trinajstić information content (AvgIpc) is 1.97. The lowest BCUT2D eigenvalue weighted by Crippen LogP contribution is -2.42. The van der Waals surface area contributed by atoms with Crippen molar-refractivity contribution in [2.75, 3.05) is 0 Å². The van der Waals surface area contributed by atoms with Gasteiger partial charge in [0.2, 0.25) is 5.91 Å². The smallest absolute Gasteiger partial charge is 0.236 e. The van der Waals surface area contributed by atoms with Crippen LogP contribution in [0.3, 0.4) is 0 Å². The summed E-state index contributed by atoms with van der Waals surface area (Å²) in [7, 11) is 0. The van der Waals surface area contributed by atoms with Gasteiger partial charge in [-0.25, -0.2) is 0 Å². The molecule has 0 bridgehead atoms. The Balaban J connectivity index is 1.97. The van der Waals surface area contributed by atoms with Gasteiger partial charge in [0, 0.05) is 5.92 Å². The van der Waals surface area contributed by atoms with Crippen LogP contribution in [-0.2, 0) is 4.79 Å².